The van der Waals surface area contributed by atoms with Crippen LogP contribution >= 0.6 is 17.0 Å². The molecule has 0 saturated heterocycles. The number of hydrogen-bond acceptors (Lipinski definition) is 0. The van der Waals surface area contributed by atoms with Crippen LogP contribution in [0.5, 0.6) is 0 Å². The molecule has 0 bridgehead atoms. The zero-order valence-corrected chi connectivity index (χ0v) is 13.1. The van der Waals surface area contributed by atoms with Gasteiger partial charge in [0.05, 0.1) is 0 Å². The second-order valence-electron chi connectivity index (χ2n) is 3.65. The topological polar surface area (TPSA) is 0 Å². The molecule has 0 aromatic heterocycles. The van der Waals surface area contributed by atoms with Crippen molar-refractivity contribution in [1.29, 1.82) is 0 Å². The number of unbranched alkanes of at least 4 members (excludes halogenated alkanes) is 1. The third-order valence-corrected chi connectivity index (χ3v) is 2.31. The van der Waals surface area contributed by atoms with Crippen LogP contribution in [0.3, 0.4) is 0 Å². The van der Waals surface area contributed by atoms with Crippen LogP contribution < -0.4 is 0 Å². The summed E-state index contributed by atoms with van der Waals surface area (Å²) in [6.07, 6.45) is 7.53. The zero-order chi connectivity index (χ0) is 11.0. The van der Waals surface area contributed by atoms with E-state index >= 15 is 0 Å². The second-order valence-corrected chi connectivity index (χ2v) is 7.38. The first-order valence-electron chi connectivity index (χ1n) is 4.97. The van der Waals surface area contributed by atoms with E-state index in [9.17, 15) is 0 Å². The Morgan fingerprint density at radius 1 is 1.36 bits per heavy atom. The molecule has 0 radical (unpaired) electrons. The van der Waals surface area contributed by atoms with Crippen molar-refractivity contribution in [3.63, 3.8) is 0 Å². The standard InChI is InChI=1S/C11H18.2ClH.Zr/c1-4-5-6-11-8-9(2)7-10(11)3;;;/h8H,4-7H2,1-3H3;2*1H;/q;;;+2/p-2. The Morgan fingerprint density at radius 3 is 2.29 bits per heavy atom. The van der Waals surface area contributed by atoms with Gasteiger partial charge in [-0.15, -0.1) is 0 Å². The fraction of sp³-hybridized carbons (Fsp3) is 0.636. The number of allylic oxidation sites excluding steroid dienone is 4. The van der Waals surface area contributed by atoms with E-state index in [0.29, 0.717) is 0 Å². The molecule has 0 aromatic carbocycles. The minimum absolute atomic E-state index is 0.826. The van der Waals surface area contributed by atoms with E-state index in [1.54, 1.807) is 11.1 Å². The summed E-state index contributed by atoms with van der Waals surface area (Å²) in [5.41, 5.74) is 4.73. The maximum atomic E-state index is 4.93. The average molecular weight is 312 g/mol. The summed E-state index contributed by atoms with van der Waals surface area (Å²) in [5.74, 6) is 0. The SMILES string of the molecule is CCCCC1=C(C)CC(C)=C1.[Cl][Zr][Cl]. The van der Waals surface area contributed by atoms with E-state index in [1.165, 1.54) is 31.3 Å². The van der Waals surface area contributed by atoms with Gasteiger partial charge in [-0.3, -0.25) is 0 Å². The van der Waals surface area contributed by atoms with Gasteiger partial charge < -0.3 is 0 Å². The molecule has 0 atom stereocenters. The van der Waals surface area contributed by atoms with Gasteiger partial charge in [0.2, 0.25) is 0 Å². The molecule has 1 aliphatic rings. The number of halogens is 2. The van der Waals surface area contributed by atoms with Gasteiger partial charge in [-0.2, -0.15) is 0 Å². The summed E-state index contributed by atoms with van der Waals surface area (Å²) in [4.78, 5) is 0. The van der Waals surface area contributed by atoms with Crippen LogP contribution in [0.25, 0.3) is 0 Å². The van der Waals surface area contributed by atoms with Crippen LogP contribution in [0.1, 0.15) is 46.5 Å². The quantitative estimate of drug-likeness (QED) is 0.670. The van der Waals surface area contributed by atoms with Gasteiger partial charge in [-0.1, -0.05) is 30.6 Å². The first-order chi connectivity index (χ1) is 6.65. The Balaban J connectivity index is 0.000000500. The van der Waals surface area contributed by atoms with E-state index < -0.39 is 20.8 Å². The van der Waals surface area contributed by atoms with E-state index in [4.69, 9.17) is 17.0 Å². The van der Waals surface area contributed by atoms with Crippen molar-refractivity contribution in [3.05, 3.63) is 22.8 Å². The predicted molar refractivity (Wildman–Crippen MR) is 62.3 cm³/mol. The molecule has 3 heteroatoms. The van der Waals surface area contributed by atoms with Crippen LogP contribution in [0.4, 0.5) is 0 Å². The summed E-state index contributed by atoms with van der Waals surface area (Å²) < 4.78 is 0. The van der Waals surface area contributed by atoms with Gasteiger partial charge in [0, 0.05) is 0 Å². The van der Waals surface area contributed by atoms with Crippen molar-refractivity contribution in [2.75, 3.05) is 0 Å². The summed E-state index contributed by atoms with van der Waals surface area (Å²) in [6, 6.07) is 0. The molecule has 0 amide bonds. The fourth-order valence-corrected chi connectivity index (χ4v) is 1.66. The molecule has 0 spiro atoms. The fourth-order valence-electron chi connectivity index (χ4n) is 1.66. The van der Waals surface area contributed by atoms with Crippen molar-refractivity contribution >= 4 is 17.0 Å². The molecule has 0 nitrogen and oxygen atoms in total. The molecule has 80 valence electrons. The molecule has 0 unspecified atom stereocenters. The van der Waals surface area contributed by atoms with Gasteiger partial charge in [0.25, 0.3) is 0 Å². The third-order valence-electron chi connectivity index (χ3n) is 2.31. The van der Waals surface area contributed by atoms with Crippen molar-refractivity contribution in [1.82, 2.24) is 0 Å². The minimum atomic E-state index is -0.826. The van der Waals surface area contributed by atoms with Crippen molar-refractivity contribution in [3.8, 4) is 0 Å². The van der Waals surface area contributed by atoms with Gasteiger partial charge >= 0.3 is 37.9 Å². The van der Waals surface area contributed by atoms with Gasteiger partial charge in [-0.05, 0) is 38.7 Å². The molecule has 0 saturated carbocycles. The van der Waals surface area contributed by atoms with Crippen LogP contribution in [-0.2, 0) is 20.8 Å². The second kappa shape index (κ2) is 9.19. The summed E-state index contributed by atoms with van der Waals surface area (Å²) in [7, 11) is 9.87. The normalized spacial score (nSPS) is 14.8. The Labute approximate surface area is 106 Å². The molecular weight excluding hydrogens is 294 g/mol. The molecule has 1 aliphatic carbocycles. The van der Waals surface area contributed by atoms with Gasteiger partial charge in [0.15, 0.2) is 0 Å². The maximum absolute atomic E-state index is 4.93. The van der Waals surface area contributed by atoms with Crippen LogP contribution in [0, 0.1) is 0 Å². The average Bonchev–Trinajstić information content (AvgIpc) is 2.43. The monoisotopic (exact) mass is 310 g/mol. The molecule has 0 N–H and O–H groups in total. The van der Waals surface area contributed by atoms with Crippen LogP contribution in [0.2, 0.25) is 0 Å². The van der Waals surface area contributed by atoms with E-state index in [0.717, 1.165) is 0 Å². The first-order valence-corrected chi connectivity index (χ1v) is 11.3. The zero-order valence-electron chi connectivity index (χ0n) is 9.16. The number of rotatable bonds is 3. The number of hydrogen-bond donors (Lipinski definition) is 0. The van der Waals surface area contributed by atoms with Crippen LogP contribution in [-0.4, -0.2) is 0 Å². The van der Waals surface area contributed by atoms with Crippen molar-refractivity contribution in [2.45, 2.75) is 46.5 Å². The Kier molecular flexibility index (Phi) is 9.81. The summed E-state index contributed by atoms with van der Waals surface area (Å²) in [5, 5.41) is 0. The molecule has 0 heterocycles. The molecule has 14 heavy (non-hydrogen) atoms. The molecule has 0 aliphatic heterocycles. The Hall–Kier alpha value is 0.943. The molecule has 0 fully saturated rings. The van der Waals surface area contributed by atoms with Crippen LogP contribution in [0.15, 0.2) is 22.8 Å². The summed E-state index contributed by atoms with van der Waals surface area (Å²) in [6.45, 7) is 6.74. The summed E-state index contributed by atoms with van der Waals surface area (Å²) >= 11 is -0.826. The first kappa shape index (κ1) is 14.9. The van der Waals surface area contributed by atoms with Gasteiger partial charge in [0.1, 0.15) is 0 Å². The van der Waals surface area contributed by atoms with E-state index in [-0.39, 0.29) is 0 Å². The predicted octanol–water partition coefficient (Wildman–Crippen LogP) is 5.22. The molecule has 0 aromatic rings. The molecule has 1 rings (SSSR count). The van der Waals surface area contributed by atoms with E-state index in [2.05, 4.69) is 26.8 Å². The Bertz CT molecular complexity index is 219. The van der Waals surface area contributed by atoms with E-state index in [1.807, 2.05) is 0 Å². The Morgan fingerprint density at radius 2 is 1.93 bits per heavy atom. The molecular formula is C11H18Cl2Zr. The van der Waals surface area contributed by atoms with Gasteiger partial charge in [-0.25, -0.2) is 0 Å². The third kappa shape index (κ3) is 6.43. The van der Waals surface area contributed by atoms with Crippen molar-refractivity contribution in [2.24, 2.45) is 0 Å². The van der Waals surface area contributed by atoms with Crippen molar-refractivity contribution < 1.29 is 20.8 Å².